The van der Waals surface area contributed by atoms with Crippen LogP contribution < -0.4 is 9.47 Å². The third-order valence-electron chi connectivity index (χ3n) is 5.03. The Bertz CT molecular complexity index is 611. The van der Waals surface area contributed by atoms with Crippen LogP contribution >= 0.6 is 0 Å². The number of rotatable bonds is 6. The fraction of sp³-hybridized carbons (Fsp3) is 0.667. The number of aliphatic hydroxyl groups is 8. The fourth-order valence-electron chi connectivity index (χ4n) is 3.19. The van der Waals surface area contributed by atoms with E-state index in [4.69, 9.17) is 18.9 Å². The molecule has 0 aromatic heterocycles. The molecule has 0 aliphatic carbocycles. The number of hydrogen-bond donors (Lipinski definition) is 8. The summed E-state index contributed by atoms with van der Waals surface area (Å²) >= 11 is 0. The Morgan fingerprint density at radius 3 is 1.20 bits per heavy atom. The highest BCUT2D eigenvalue weighted by Gasteiger charge is 2.45. The van der Waals surface area contributed by atoms with Gasteiger partial charge in [-0.2, -0.15) is 0 Å². The molecule has 0 spiro atoms. The van der Waals surface area contributed by atoms with Crippen LogP contribution in [0.5, 0.6) is 11.5 Å². The van der Waals surface area contributed by atoms with Gasteiger partial charge >= 0.3 is 0 Å². The van der Waals surface area contributed by atoms with Crippen molar-refractivity contribution in [3.8, 4) is 11.5 Å². The zero-order valence-corrected chi connectivity index (χ0v) is 15.7. The van der Waals surface area contributed by atoms with E-state index >= 15 is 0 Å². The lowest BCUT2D eigenvalue weighted by atomic mass is 9.99. The summed E-state index contributed by atoms with van der Waals surface area (Å²) in [6.07, 6.45) is -14.2. The summed E-state index contributed by atoms with van der Waals surface area (Å²) in [5.41, 5.74) is 0. The molecular formula is C18H26O12. The molecule has 1 aromatic carbocycles. The van der Waals surface area contributed by atoms with Gasteiger partial charge in [0, 0.05) is 0 Å². The predicted octanol–water partition coefficient (Wildman–Crippen LogP) is -3.96. The van der Waals surface area contributed by atoms with Crippen LogP contribution in [0.2, 0.25) is 0 Å². The molecule has 12 heteroatoms. The van der Waals surface area contributed by atoms with Gasteiger partial charge in [0.25, 0.3) is 0 Å². The molecule has 2 aliphatic rings. The van der Waals surface area contributed by atoms with Crippen molar-refractivity contribution in [2.75, 3.05) is 13.2 Å². The van der Waals surface area contributed by atoms with Crippen molar-refractivity contribution in [1.82, 2.24) is 0 Å². The minimum absolute atomic E-state index is 0.195. The molecule has 3 rings (SSSR count). The van der Waals surface area contributed by atoms with E-state index in [0.717, 1.165) is 0 Å². The average molecular weight is 434 g/mol. The highest BCUT2D eigenvalue weighted by atomic mass is 16.7. The van der Waals surface area contributed by atoms with Crippen molar-refractivity contribution in [1.29, 1.82) is 0 Å². The van der Waals surface area contributed by atoms with E-state index in [2.05, 4.69) is 0 Å². The van der Waals surface area contributed by atoms with Crippen LogP contribution in [-0.4, -0.2) is 115 Å². The maximum atomic E-state index is 10.0. The van der Waals surface area contributed by atoms with E-state index in [-0.39, 0.29) is 11.5 Å². The van der Waals surface area contributed by atoms with Gasteiger partial charge in [-0.1, -0.05) is 0 Å². The highest BCUT2D eigenvalue weighted by molar-refractivity contribution is 5.31. The second kappa shape index (κ2) is 9.70. The van der Waals surface area contributed by atoms with Crippen LogP contribution in [-0.2, 0) is 9.47 Å². The van der Waals surface area contributed by atoms with E-state index in [1.54, 1.807) is 0 Å². The lowest BCUT2D eigenvalue weighted by Gasteiger charge is -2.39. The van der Waals surface area contributed by atoms with Gasteiger partial charge in [0.05, 0.1) is 13.2 Å². The van der Waals surface area contributed by atoms with Crippen molar-refractivity contribution < 1.29 is 59.8 Å². The molecule has 8 N–H and O–H groups in total. The minimum atomic E-state index is -1.57. The molecule has 0 bridgehead atoms. The quantitative estimate of drug-likeness (QED) is 0.216. The van der Waals surface area contributed by atoms with E-state index < -0.39 is 74.6 Å². The average Bonchev–Trinajstić information content (AvgIpc) is 2.75. The first-order valence-corrected chi connectivity index (χ1v) is 9.31. The standard InChI is InChI=1S/C18H26O12/c19-5-9-11(21)13(23)15(25)17(29-9)27-7-1-2-8(4-3-7)28-18-16(26)14(24)12(22)10(6-20)30-18/h1-4,9-26H,5-6H2/t9-,10-,11-,12-,13+,14+,15-,16-,17-,18-/m1/s1. The van der Waals surface area contributed by atoms with Gasteiger partial charge in [-0.3, -0.25) is 0 Å². The molecule has 0 radical (unpaired) electrons. The van der Waals surface area contributed by atoms with Crippen molar-refractivity contribution >= 4 is 0 Å². The molecule has 12 nitrogen and oxygen atoms in total. The summed E-state index contributed by atoms with van der Waals surface area (Å²) < 4.78 is 21.4. The Balaban J connectivity index is 1.62. The molecule has 170 valence electrons. The number of ether oxygens (including phenoxy) is 4. The summed E-state index contributed by atoms with van der Waals surface area (Å²) in [6, 6.07) is 5.67. The maximum absolute atomic E-state index is 10.0. The Morgan fingerprint density at radius 2 is 0.900 bits per heavy atom. The van der Waals surface area contributed by atoms with E-state index in [9.17, 15) is 40.9 Å². The van der Waals surface area contributed by atoms with Gasteiger partial charge < -0.3 is 59.8 Å². The Labute approximate surface area is 171 Å². The monoisotopic (exact) mass is 434 g/mol. The first kappa shape index (κ1) is 23.1. The normalized spacial score (nSPS) is 42.0. The third kappa shape index (κ3) is 4.68. The second-order valence-corrected chi connectivity index (χ2v) is 7.10. The predicted molar refractivity (Wildman–Crippen MR) is 95.2 cm³/mol. The summed E-state index contributed by atoms with van der Waals surface area (Å²) in [5.74, 6) is 0.390. The van der Waals surface area contributed by atoms with E-state index in [1.165, 1.54) is 24.3 Å². The summed E-state index contributed by atoms with van der Waals surface area (Å²) in [7, 11) is 0. The Kier molecular flexibility index (Phi) is 7.47. The van der Waals surface area contributed by atoms with Crippen LogP contribution in [0.3, 0.4) is 0 Å². The second-order valence-electron chi connectivity index (χ2n) is 7.10. The van der Waals surface area contributed by atoms with Gasteiger partial charge in [-0.25, -0.2) is 0 Å². The highest BCUT2D eigenvalue weighted by Crippen LogP contribution is 2.28. The van der Waals surface area contributed by atoms with Gasteiger partial charge in [0.1, 0.15) is 60.3 Å². The molecule has 30 heavy (non-hydrogen) atoms. The SMILES string of the molecule is OC[C@H]1O[C@@H](Oc2ccc(O[C@@H]3O[C@H](CO)[C@@H](O)[C@H](O)[C@H]3O)cc2)[C@H](O)[C@@H](O)[C@@H]1O. The Morgan fingerprint density at radius 1 is 0.567 bits per heavy atom. The molecule has 10 atom stereocenters. The van der Waals surface area contributed by atoms with Crippen molar-refractivity contribution in [2.45, 2.75) is 61.4 Å². The van der Waals surface area contributed by atoms with Gasteiger partial charge in [-0.05, 0) is 24.3 Å². The fourth-order valence-corrected chi connectivity index (χ4v) is 3.19. The summed E-state index contributed by atoms with van der Waals surface area (Å²) in [5, 5.41) is 77.6. The van der Waals surface area contributed by atoms with Crippen LogP contribution in [0.4, 0.5) is 0 Å². The van der Waals surface area contributed by atoms with Crippen LogP contribution in [0.15, 0.2) is 24.3 Å². The first-order valence-electron chi connectivity index (χ1n) is 9.31. The van der Waals surface area contributed by atoms with Crippen LogP contribution in [0.25, 0.3) is 0 Å². The van der Waals surface area contributed by atoms with E-state index in [1.807, 2.05) is 0 Å². The van der Waals surface area contributed by atoms with Crippen molar-refractivity contribution in [2.24, 2.45) is 0 Å². The molecule has 2 fully saturated rings. The topological polar surface area (TPSA) is 199 Å². The maximum Gasteiger partial charge on any atom is 0.229 e. The third-order valence-corrected chi connectivity index (χ3v) is 5.03. The summed E-state index contributed by atoms with van der Waals surface area (Å²) in [6.45, 7) is -1.17. The molecule has 0 amide bonds. The van der Waals surface area contributed by atoms with Gasteiger partial charge in [0.15, 0.2) is 0 Å². The molecule has 0 unspecified atom stereocenters. The lowest BCUT2D eigenvalue weighted by Crippen LogP contribution is -2.60. The van der Waals surface area contributed by atoms with Gasteiger partial charge in [0.2, 0.25) is 12.6 Å². The molecular weight excluding hydrogens is 408 g/mol. The van der Waals surface area contributed by atoms with E-state index in [0.29, 0.717) is 0 Å². The Hall–Kier alpha value is -1.58. The molecule has 0 saturated carbocycles. The van der Waals surface area contributed by atoms with Crippen LogP contribution in [0, 0.1) is 0 Å². The smallest absolute Gasteiger partial charge is 0.229 e. The molecule has 1 aromatic rings. The molecule has 2 saturated heterocycles. The van der Waals surface area contributed by atoms with Crippen molar-refractivity contribution in [3.05, 3.63) is 24.3 Å². The number of benzene rings is 1. The summed E-state index contributed by atoms with van der Waals surface area (Å²) in [4.78, 5) is 0. The lowest BCUT2D eigenvalue weighted by molar-refractivity contribution is -0.278. The number of hydrogen-bond acceptors (Lipinski definition) is 12. The van der Waals surface area contributed by atoms with Gasteiger partial charge in [-0.15, -0.1) is 0 Å². The molecule has 2 heterocycles. The largest absolute Gasteiger partial charge is 0.462 e. The number of aliphatic hydroxyl groups excluding tert-OH is 8. The zero-order chi connectivity index (χ0) is 22.0. The van der Waals surface area contributed by atoms with Crippen molar-refractivity contribution in [3.63, 3.8) is 0 Å². The van der Waals surface area contributed by atoms with Crippen LogP contribution in [0.1, 0.15) is 0 Å². The first-order chi connectivity index (χ1) is 14.3. The minimum Gasteiger partial charge on any atom is -0.462 e. The zero-order valence-electron chi connectivity index (χ0n) is 15.7. The molecule has 2 aliphatic heterocycles.